The van der Waals surface area contributed by atoms with Crippen molar-refractivity contribution in [3.63, 3.8) is 0 Å². The van der Waals surface area contributed by atoms with E-state index in [2.05, 4.69) is 15.4 Å². The summed E-state index contributed by atoms with van der Waals surface area (Å²) >= 11 is 1.32. The van der Waals surface area contributed by atoms with Crippen molar-refractivity contribution in [2.24, 2.45) is 0 Å². The number of thiophene rings is 1. The van der Waals surface area contributed by atoms with Gasteiger partial charge in [-0.15, -0.1) is 11.3 Å². The number of para-hydroxylation sites is 1. The average molecular weight is 472 g/mol. The summed E-state index contributed by atoms with van der Waals surface area (Å²) in [5, 5.41) is 7.44. The number of amides is 2. The van der Waals surface area contributed by atoms with E-state index in [-0.39, 0.29) is 30.2 Å². The topological polar surface area (TPSA) is 104 Å². The highest BCUT2D eigenvalue weighted by Crippen LogP contribution is 2.18. The van der Waals surface area contributed by atoms with E-state index >= 15 is 0 Å². The molecular formula is C23H25N3O4S2. The summed E-state index contributed by atoms with van der Waals surface area (Å²) in [5.41, 5.74) is 2.28. The summed E-state index contributed by atoms with van der Waals surface area (Å²) in [6.45, 7) is 3.81. The SMILES string of the molecule is CC(C)NS(=O)(=O)Cc1ccc(CNC(=O)c2ccccc2NC(=O)c2cccs2)cc1. The number of rotatable bonds is 9. The number of nitrogens with one attached hydrogen (secondary N) is 3. The van der Waals surface area contributed by atoms with Crippen LogP contribution in [0.2, 0.25) is 0 Å². The Kier molecular flexibility index (Phi) is 7.79. The van der Waals surface area contributed by atoms with Gasteiger partial charge in [-0.05, 0) is 48.6 Å². The van der Waals surface area contributed by atoms with Crippen LogP contribution in [0.15, 0.2) is 66.0 Å². The number of hydrogen-bond acceptors (Lipinski definition) is 5. The van der Waals surface area contributed by atoms with Crippen LogP contribution in [0.4, 0.5) is 5.69 Å². The molecule has 7 nitrogen and oxygen atoms in total. The van der Waals surface area contributed by atoms with Crippen LogP contribution in [0.3, 0.4) is 0 Å². The van der Waals surface area contributed by atoms with Gasteiger partial charge < -0.3 is 10.6 Å². The average Bonchev–Trinajstić information content (AvgIpc) is 3.27. The molecular weight excluding hydrogens is 446 g/mol. The number of anilines is 1. The number of hydrogen-bond donors (Lipinski definition) is 3. The highest BCUT2D eigenvalue weighted by Gasteiger charge is 2.15. The number of carbonyl (C=O) groups is 2. The fourth-order valence-corrected chi connectivity index (χ4v) is 5.08. The fraction of sp³-hybridized carbons (Fsp3) is 0.217. The minimum absolute atomic E-state index is 0.102. The summed E-state index contributed by atoms with van der Waals surface area (Å²) in [6.07, 6.45) is 0. The van der Waals surface area contributed by atoms with Gasteiger partial charge in [0.05, 0.1) is 21.9 Å². The summed E-state index contributed by atoms with van der Waals surface area (Å²) in [5.74, 6) is -0.688. The minimum Gasteiger partial charge on any atom is -0.348 e. The van der Waals surface area contributed by atoms with Crippen molar-refractivity contribution < 1.29 is 18.0 Å². The van der Waals surface area contributed by atoms with Crippen LogP contribution in [-0.4, -0.2) is 26.3 Å². The molecule has 0 spiro atoms. The zero-order valence-corrected chi connectivity index (χ0v) is 19.4. The molecule has 0 aliphatic rings. The minimum atomic E-state index is -3.39. The van der Waals surface area contributed by atoms with Crippen LogP contribution in [0, 0.1) is 0 Å². The Labute approximate surface area is 191 Å². The number of sulfonamides is 1. The lowest BCUT2D eigenvalue weighted by molar-refractivity contribution is 0.0951. The molecule has 0 radical (unpaired) electrons. The van der Waals surface area contributed by atoms with Crippen LogP contribution in [0.25, 0.3) is 0 Å². The largest absolute Gasteiger partial charge is 0.348 e. The maximum atomic E-state index is 12.7. The van der Waals surface area contributed by atoms with E-state index in [9.17, 15) is 18.0 Å². The van der Waals surface area contributed by atoms with Crippen molar-refractivity contribution in [1.29, 1.82) is 0 Å². The lowest BCUT2D eigenvalue weighted by atomic mass is 10.1. The summed E-state index contributed by atoms with van der Waals surface area (Å²) in [6, 6.07) is 17.2. The smallest absolute Gasteiger partial charge is 0.265 e. The van der Waals surface area contributed by atoms with Crippen molar-refractivity contribution in [2.45, 2.75) is 32.2 Å². The Bertz CT molecular complexity index is 1170. The van der Waals surface area contributed by atoms with Gasteiger partial charge in [0, 0.05) is 12.6 Å². The lowest BCUT2D eigenvalue weighted by Gasteiger charge is -2.12. The summed E-state index contributed by atoms with van der Waals surface area (Å²) in [7, 11) is -3.39. The second kappa shape index (κ2) is 10.5. The first kappa shape index (κ1) is 23.6. The van der Waals surface area contributed by atoms with Crippen molar-refractivity contribution in [3.8, 4) is 0 Å². The first-order chi connectivity index (χ1) is 15.2. The summed E-state index contributed by atoms with van der Waals surface area (Å²) in [4.78, 5) is 25.6. The molecule has 3 rings (SSSR count). The van der Waals surface area contributed by atoms with Gasteiger partial charge >= 0.3 is 0 Å². The van der Waals surface area contributed by atoms with Gasteiger partial charge in [-0.3, -0.25) is 9.59 Å². The number of benzene rings is 2. The third-order valence-electron chi connectivity index (χ3n) is 4.41. The number of carbonyl (C=O) groups excluding carboxylic acids is 2. The molecule has 0 atom stereocenters. The second-order valence-electron chi connectivity index (χ2n) is 7.51. The molecule has 1 aromatic heterocycles. The Hall–Kier alpha value is -3.01. The zero-order valence-electron chi connectivity index (χ0n) is 17.8. The van der Waals surface area contributed by atoms with Crippen LogP contribution in [-0.2, 0) is 22.3 Å². The Morgan fingerprint density at radius 1 is 0.906 bits per heavy atom. The predicted molar refractivity (Wildman–Crippen MR) is 127 cm³/mol. The van der Waals surface area contributed by atoms with E-state index in [1.807, 2.05) is 5.38 Å². The Morgan fingerprint density at radius 3 is 2.25 bits per heavy atom. The lowest BCUT2D eigenvalue weighted by Crippen LogP contribution is -2.31. The fourth-order valence-electron chi connectivity index (χ4n) is 3.03. The molecule has 0 saturated carbocycles. The van der Waals surface area contributed by atoms with E-state index < -0.39 is 10.0 Å². The standard InChI is InChI=1S/C23H25N3O4S2/c1-16(2)26-32(29,30)15-18-11-9-17(10-12-18)14-24-22(27)19-6-3-4-7-20(19)25-23(28)21-8-5-13-31-21/h3-13,16,26H,14-15H2,1-2H3,(H,24,27)(H,25,28). The third-order valence-corrected chi connectivity index (χ3v) is 6.83. The first-order valence-electron chi connectivity index (χ1n) is 10.0. The van der Waals surface area contributed by atoms with Crippen LogP contribution in [0.1, 0.15) is 45.0 Å². The van der Waals surface area contributed by atoms with Gasteiger partial charge in [0.15, 0.2) is 0 Å². The van der Waals surface area contributed by atoms with Crippen molar-refractivity contribution in [1.82, 2.24) is 10.0 Å². The molecule has 32 heavy (non-hydrogen) atoms. The van der Waals surface area contributed by atoms with Crippen molar-refractivity contribution in [2.75, 3.05) is 5.32 Å². The quantitative estimate of drug-likeness (QED) is 0.442. The maximum absolute atomic E-state index is 12.7. The third kappa shape index (κ3) is 6.74. The Morgan fingerprint density at radius 2 is 1.59 bits per heavy atom. The second-order valence-corrected chi connectivity index (χ2v) is 10.2. The van der Waals surface area contributed by atoms with Gasteiger partial charge in [0.1, 0.15) is 0 Å². The molecule has 168 valence electrons. The van der Waals surface area contributed by atoms with E-state index in [4.69, 9.17) is 0 Å². The molecule has 0 aliphatic carbocycles. The van der Waals surface area contributed by atoms with Gasteiger partial charge in [-0.25, -0.2) is 13.1 Å². The predicted octanol–water partition coefficient (Wildman–Crippen LogP) is 3.76. The van der Waals surface area contributed by atoms with E-state index in [1.165, 1.54) is 11.3 Å². The summed E-state index contributed by atoms with van der Waals surface area (Å²) < 4.78 is 26.7. The van der Waals surface area contributed by atoms with E-state index in [0.29, 0.717) is 21.7 Å². The maximum Gasteiger partial charge on any atom is 0.265 e. The molecule has 2 amide bonds. The molecule has 3 N–H and O–H groups in total. The highest BCUT2D eigenvalue weighted by atomic mass is 32.2. The molecule has 0 unspecified atom stereocenters. The highest BCUT2D eigenvalue weighted by molar-refractivity contribution is 7.88. The van der Waals surface area contributed by atoms with Gasteiger partial charge in [-0.2, -0.15) is 0 Å². The van der Waals surface area contributed by atoms with E-state index in [1.54, 1.807) is 74.5 Å². The molecule has 0 saturated heterocycles. The van der Waals surface area contributed by atoms with Crippen molar-refractivity contribution in [3.05, 3.63) is 87.6 Å². The van der Waals surface area contributed by atoms with Crippen LogP contribution in [0.5, 0.6) is 0 Å². The molecule has 0 aliphatic heterocycles. The van der Waals surface area contributed by atoms with Gasteiger partial charge in [0.2, 0.25) is 10.0 Å². The molecule has 1 heterocycles. The normalized spacial score (nSPS) is 11.3. The van der Waals surface area contributed by atoms with Crippen LogP contribution < -0.4 is 15.4 Å². The van der Waals surface area contributed by atoms with E-state index in [0.717, 1.165) is 5.56 Å². The molecule has 0 bridgehead atoms. The molecule has 9 heteroatoms. The van der Waals surface area contributed by atoms with Crippen molar-refractivity contribution >= 4 is 38.9 Å². The molecule has 2 aromatic carbocycles. The Balaban J connectivity index is 1.61. The van der Waals surface area contributed by atoms with Crippen LogP contribution >= 0.6 is 11.3 Å². The monoisotopic (exact) mass is 471 g/mol. The first-order valence-corrected chi connectivity index (χ1v) is 12.6. The van der Waals surface area contributed by atoms with Gasteiger partial charge in [-0.1, -0.05) is 42.5 Å². The molecule has 0 fully saturated rings. The van der Waals surface area contributed by atoms with Gasteiger partial charge in [0.25, 0.3) is 11.8 Å². The zero-order chi connectivity index (χ0) is 23.1. The molecule has 3 aromatic rings.